The molecule has 1 nitrogen and oxygen atoms in total. The van der Waals surface area contributed by atoms with Gasteiger partial charge in [-0.2, -0.15) is 0 Å². The number of benzene rings is 1. The molecule has 0 spiro atoms. The first-order valence-electron chi connectivity index (χ1n) is 4.69. The maximum Gasteiger partial charge on any atom is 0.159 e. The van der Waals surface area contributed by atoms with Crippen molar-refractivity contribution in [1.29, 1.82) is 0 Å². The number of Topliss-reactive ketones (excluding diaryl/α,β-unsaturated/α-hetero) is 1. The fourth-order valence-corrected chi connectivity index (χ4v) is 0.864. The van der Waals surface area contributed by atoms with Gasteiger partial charge in [-0.15, -0.1) is 0 Å². The standard InChI is InChI=1S/C9H10O.C3H8/c1-7-4-3-5-9(6-7)8(2)10;1-3-2/h3-6H,1-2H3;3H2,1-2H3. The van der Waals surface area contributed by atoms with E-state index >= 15 is 0 Å². The van der Waals surface area contributed by atoms with Gasteiger partial charge in [-0.25, -0.2) is 0 Å². The lowest BCUT2D eigenvalue weighted by Crippen LogP contribution is -1.90. The van der Waals surface area contributed by atoms with Gasteiger partial charge >= 0.3 is 0 Å². The molecule has 0 saturated carbocycles. The summed E-state index contributed by atoms with van der Waals surface area (Å²) < 4.78 is 0. The molecule has 1 rings (SSSR count). The monoisotopic (exact) mass is 178 g/mol. The molecule has 0 N–H and O–H groups in total. The van der Waals surface area contributed by atoms with Gasteiger partial charge in [0.15, 0.2) is 5.78 Å². The van der Waals surface area contributed by atoms with Gasteiger partial charge in [0.1, 0.15) is 0 Å². The summed E-state index contributed by atoms with van der Waals surface area (Å²) in [6, 6.07) is 7.59. The number of hydrogen-bond donors (Lipinski definition) is 0. The first kappa shape index (κ1) is 11.9. The highest BCUT2D eigenvalue weighted by molar-refractivity contribution is 5.94. The largest absolute Gasteiger partial charge is 0.295 e. The van der Waals surface area contributed by atoms with Crippen LogP contribution in [0.5, 0.6) is 0 Å². The van der Waals surface area contributed by atoms with Crippen LogP contribution in [-0.4, -0.2) is 5.78 Å². The van der Waals surface area contributed by atoms with Crippen LogP contribution in [0.4, 0.5) is 0 Å². The van der Waals surface area contributed by atoms with E-state index in [1.54, 1.807) is 6.92 Å². The van der Waals surface area contributed by atoms with Crippen molar-refractivity contribution < 1.29 is 4.79 Å². The zero-order valence-corrected chi connectivity index (χ0v) is 8.92. The van der Waals surface area contributed by atoms with Crippen molar-refractivity contribution in [2.24, 2.45) is 0 Å². The van der Waals surface area contributed by atoms with Gasteiger partial charge in [0, 0.05) is 5.56 Å². The number of carbonyl (C=O) groups is 1. The Morgan fingerprint density at radius 2 is 1.85 bits per heavy atom. The molecule has 0 aliphatic carbocycles. The first-order chi connectivity index (χ1) is 6.11. The second-order valence-corrected chi connectivity index (χ2v) is 3.13. The summed E-state index contributed by atoms with van der Waals surface area (Å²) in [4.78, 5) is 10.8. The van der Waals surface area contributed by atoms with Gasteiger partial charge in [0.05, 0.1) is 0 Å². The van der Waals surface area contributed by atoms with Gasteiger partial charge in [0.2, 0.25) is 0 Å². The molecule has 0 fully saturated rings. The fourth-order valence-electron chi connectivity index (χ4n) is 0.864. The van der Waals surface area contributed by atoms with Crippen LogP contribution in [0.25, 0.3) is 0 Å². The minimum absolute atomic E-state index is 0.128. The van der Waals surface area contributed by atoms with Crippen molar-refractivity contribution in [3.8, 4) is 0 Å². The summed E-state index contributed by atoms with van der Waals surface area (Å²) in [5.41, 5.74) is 1.92. The zero-order valence-electron chi connectivity index (χ0n) is 8.92. The van der Waals surface area contributed by atoms with E-state index in [0.717, 1.165) is 11.1 Å². The van der Waals surface area contributed by atoms with Gasteiger partial charge in [0.25, 0.3) is 0 Å². The Morgan fingerprint density at radius 3 is 2.15 bits per heavy atom. The van der Waals surface area contributed by atoms with Crippen LogP contribution in [0.3, 0.4) is 0 Å². The normalized spacial score (nSPS) is 8.62. The van der Waals surface area contributed by atoms with Crippen molar-refractivity contribution in [2.45, 2.75) is 34.1 Å². The van der Waals surface area contributed by atoms with Crippen molar-refractivity contribution in [3.63, 3.8) is 0 Å². The average molecular weight is 178 g/mol. The number of carbonyl (C=O) groups excluding carboxylic acids is 1. The van der Waals surface area contributed by atoms with Crippen LogP contribution in [0.15, 0.2) is 24.3 Å². The minimum Gasteiger partial charge on any atom is -0.295 e. The third-order valence-electron chi connectivity index (χ3n) is 1.42. The molecule has 72 valence electrons. The first-order valence-corrected chi connectivity index (χ1v) is 4.69. The molecule has 0 atom stereocenters. The zero-order chi connectivity index (χ0) is 10.3. The molecule has 1 heteroatoms. The highest BCUT2D eigenvalue weighted by Gasteiger charge is 1.95. The molecule has 0 amide bonds. The van der Waals surface area contributed by atoms with Crippen molar-refractivity contribution in [2.75, 3.05) is 0 Å². The Labute approximate surface area is 80.8 Å². The maximum atomic E-state index is 10.8. The van der Waals surface area contributed by atoms with Crippen LogP contribution in [0.2, 0.25) is 0 Å². The lowest BCUT2D eigenvalue weighted by molar-refractivity contribution is 0.101. The molecule has 0 heterocycles. The van der Waals surface area contributed by atoms with Crippen molar-refractivity contribution in [1.82, 2.24) is 0 Å². The van der Waals surface area contributed by atoms with E-state index < -0.39 is 0 Å². The molecular formula is C12H18O. The van der Waals surface area contributed by atoms with E-state index in [1.807, 2.05) is 31.2 Å². The molecule has 1 aromatic rings. The number of hydrogen-bond acceptors (Lipinski definition) is 1. The summed E-state index contributed by atoms with van der Waals surface area (Å²) >= 11 is 0. The summed E-state index contributed by atoms with van der Waals surface area (Å²) in [6.45, 7) is 7.81. The summed E-state index contributed by atoms with van der Waals surface area (Å²) in [6.07, 6.45) is 1.25. The van der Waals surface area contributed by atoms with Gasteiger partial charge in [-0.3, -0.25) is 4.79 Å². The number of rotatable bonds is 1. The molecule has 0 radical (unpaired) electrons. The van der Waals surface area contributed by atoms with E-state index in [1.165, 1.54) is 6.42 Å². The molecule has 13 heavy (non-hydrogen) atoms. The predicted octanol–water partition coefficient (Wildman–Crippen LogP) is 3.61. The number of ketones is 1. The smallest absolute Gasteiger partial charge is 0.159 e. The molecular weight excluding hydrogens is 160 g/mol. The predicted molar refractivity (Wildman–Crippen MR) is 57.1 cm³/mol. The summed E-state index contributed by atoms with van der Waals surface area (Å²) in [5.74, 6) is 0.128. The fraction of sp³-hybridized carbons (Fsp3) is 0.417. The molecule has 0 bridgehead atoms. The molecule has 0 aliphatic rings. The van der Waals surface area contributed by atoms with Crippen LogP contribution in [0.1, 0.15) is 43.1 Å². The summed E-state index contributed by atoms with van der Waals surface area (Å²) in [7, 11) is 0. The minimum atomic E-state index is 0.128. The summed E-state index contributed by atoms with van der Waals surface area (Å²) in [5, 5.41) is 0. The molecule has 0 unspecified atom stereocenters. The Kier molecular flexibility index (Phi) is 5.86. The third-order valence-corrected chi connectivity index (χ3v) is 1.42. The lowest BCUT2D eigenvalue weighted by atomic mass is 10.1. The lowest BCUT2D eigenvalue weighted by Gasteiger charge is -1.94. The Bertz CT molecular complexity index is 264. The second-order valence-electron chi connectivity index (χ2n) is 3.13. The molecule has 1 aromatic carbocycles. The van der Waals surface area contributed by atoms with E-state index in [9.17, 15) is 4.79 Å². The van der Waals surface area contributed by atoms with Crippen LogP contribution < -0.4 is 0 Å². The molecule has 0 saturated heterocycles. The van der Waals surface area contributed by atoms with E-state index in [0.29, 0.717) is 0 Å². The maximum absolute atomic E-state index is 10.8. The van der Waals surface area contributed by atoms with E-state index in [2.05, 4.69) is 13.8 Å². The SMILES string of the molecule is CC(=O)c1cccc(C)c1.CCC. The Morgan fingerprint density at radius 1 is 1.31 bits per heavy atom. The van der Waals surface area contributed by atoms with Crippen molar-refractivity contribution >= 4 is 5.78 Å². The average Bonchev–Trinajstić information content (AvgIpc) is 2.05. The van der Waals surface area contributed by atoms with Crippen LogP contribution in [0, 0.1) is 6.92 Å². The van der Waals surface area contributed by atoms with Crippen molar-refractivity contribution in [3.05, 3.63) is 35.4 Å². The van der Waals surface area contributed by atoms with Gasteiger partial charge in [-0.1, -0.05) is 44.0 Å². The second kappa shape index (κ2) is 6.41. The van der Waals surface area contributed by atoms with E-state index in [4.69, 9.17) is 0 Å². The number of aryl methyl sites for hydroxylation is 1. The van der Waals surface area contributed by atoms with Gasteiger partial charge < -0.3 is 0 Å². The van der Waals surface area contributed by atoms with Crippen LogP contribution in [-0.2, 0) is 0 Å². The van der Waals surface area contributed by atoms with Gasteiger partial charge in [-0.05, 0) is 19.9 Å². The van der Waals surface area contributed by atoms with Crippen LogP contribution >= 0.6 is 0 Å². The molecule has 0 aromatic heterocycles. The Balaban J connectivity index is 0.000000424. The topological polar surface area (TPSA) is 17.1 Å². The highest BCUT2D eigenvalue weighted by atomic mass is 16.1. The van der Waals surface area contributed by atoms with E-state index in [-0.39, 0.29) is 5.78 Å². The highest BCUT2D eigenvalue weighted by Crippen LogP contribution is 2.03. The Hall–Kier alpha value is -1.11. The molecule has 0 aliphatic heterocycles. The third kappa shape index (κ3) is 5.18. The quantitative estimate of drug-likeness (QED) is 0.600.